The van der Waals surface area contributed by atoms with E-state index < -0.39 is 39.1 Å². The summed E-state index contributed by atoms with van der Waals surface area (Å²) >= 11 is 0. The Morgan fingerprint density at radius 2 is 1.61 bits per heavy atom. The number of aromatic nitrogens is 2. The number of hydrogen-bond donors (Lipinski definition) is 2. The van der Waals surface area contributed by atoms with Crippen LogP contribution in [0.1, 0.15) is 52.7 Å². The van der Waals surface area contributed by atoms with Crippen molar-refractivity contribution in [3.05, 3.63) is 82.4 Å². The van der Waals surface area contributed by atoms with E-state index in [1.807, 2.05) is 6.92 Å². The van der Waals surface area contributed by atoms with Gasteiger partial charge in [-0.1, -0.05) is 29.8 Å². The van der Waals surface area contributed by atoms with Crippen molar-refractivity contribution >= 4 is 34.0 Å². The number of carbonyl (C=O) groups excluding carboxylic acids is 3. The highest BCUT2D eigenvalue weighted by Crippen LogP contribution is 2.18. The third kappa shape index (κ3) is 9.89. The predicted molar refractivity (Wildman–Crippen MR) is 183 cm³/mol. The van der Waals surface area contributed by atoms with Crippen LogP contribution in [0.15, 0.2) is 70.5 Å². The summed E-state index contributed by atoms with van der Waals surface area (Å²) in [7, 11) is -3.87. The van der Waals surface area contributed by atoms with Crippen molar-refractivity contribution in [3.63, 3.8) is 0 Å². The zero-order chi connectivity index (χ0) is 36.1. The number of hydrogen-bond acceptors (Lipinski definition) is 9. The van der Waals surface area contributed by atoms with Gasteiger partial charge in [0, 0.05) is 31.9 Å². The Morgan fingerprint density at radius 3 is 2.20 bits per heavy atom. The van der Waals surface area contributed by atoms with Gasteiger partial charge in [-0.15, -0.1) is 0 Å². The third-order valence-electron chi connectivity index (χ3n) is 7.72. The summed E-state index contributed by atoms with van der Waals surface area (Å²) in [4.78, 5) is 58.8. The molecule has 4 rings (SSSR count). The van der Waals surface area contributed by atoms with E-state index in [0.29, 0.717) is 12.1 Å². The van der Waals surface area contributed by atoms with Gasteiger partial charge < -0.3 is 19.9 Å². The smallest absolute Gasteiger partial charge is 0.408 e. The second kappa shape index (κ2) is 14.8. The van der Waals surface area contributed by atoms with E-state index in [9.17, 15) is 27.6 Å². The van der Waals surface area contributed by atoms with Gasteiger partial charge in [0.05, 0.1) is 17.2 Å². The topological polar surface area (TPSA) is 169 Å². The Hall–Kier alpha value is -4.76. The number of aryl methyl sites for hydroxylation is 1. The minimum Gasteiger partial charge on any atom is -0.444 e. The van der Waals surface area contributed by atoms with E-state index in [2.05, 4.69) is 15.6 Å². The maximum atomic E-state index is 13.2. The Kier molecular flexibility index (Phi) is 11.2. The lowest BCUT2D eigenvalue weighted by molar-refractivity contribution is -0.139. The molecule has 14 nitrogen and oxygen atoms in total. The Bertz CT molecular complexity index is 1830. The molecule has 1 aliphatic rings. The fourth-order valence-corrected chi connectivity index (χ4v) is 6.08. The number of rotatable bonds is 9. The first-order valence-corrected chi connectivity index (χ1v) is 17.3. The molecule has 49 heavy (non-hydrogen) atoms. The molecule has 2 N–H and O–H groups in total. The van der Waals surface area contributed by atoms with Crippen LogP contribution in [0, 0.1) is 6.92 Å². The van der Waals surface area contributed by atoms with Gasteiger partial charge in [0.25, 0.3) is 10.1 Å². The fraction of sp³-hybridized carbons (Fsp3) is 0.441. The molecule has 1 aromatic heterocycles. The highest BCUT2D eigenvalue weighted by molar-refractivity contribution is 7.86. The van der Waals surface area contributed by atoms with Crippen molar-refractivity contribution in [2.24, 2.45) is 0 Å². The summed E-state index contributed by atoms with van der Waals surface area (Å²) in [5.41, 5.74) is -0.253. The Balaban J connectivity index is 1.29. The molecular formula is C34H44N6O8S. The van der Waals surface area contributed by atoms with Gasteiger partial charge in [-0.3, -0.25) is 18.9 Å². The highest BCUT2D eigenvalue weighted by Gasteiger charge is 2.38. The van der Waals surface area contributed by atoms with Crippen molar-refractivity contribution < 1.29 is 31.7 Å². The third-order valence-corrected chi connectivity index (χ3v) is 9.04. The zero-order valence-electron chi connectivity index (χ0n) is 28.8. The van der Waals surface area contributed by atoms with Crippen molar-refractivity contribution in [3.8, 4) is 5.69 Å². The first-order chi connectivity index (χ1) is 22.8. The second-order valence-corrected chi connectivity index (χ2v) is 15.1. The molecule has 2 heterocycles. The molecule has 0 aliphatic carbocycles. The van der Waals surface area contributed by atoms with Crippen molar-refractivity contribution in [2.75, 3.05) is 31.6 Å². The predicted octanol–water partition coefficient (Wildman–Crippen LogP) is 3.86. The monoisotopic (exact) mass is 696 g/mol. The normalized spacial score (nSPS) is 15.4. The minimum absolute atomic E-state index is 0.0429. The lowest BCUT2D eigenvalue weighted by Gasteiger charge is -2.42. The maximum Gasteiger partial charge on any atom is 0.408 e. The number of nitrogens with zero attached hydrogens (tertiary/aromatic N) is 4. The summed E-state index contributed by atoms with van der Waals surface area (Å²) in [6.45, 7) is 12.8. The van der Waals surface area contributed by atoms with E-state index in [4.69, 9.17) is 8.92 Å². The maximum absolute atomic E-state index is 13.2. The molecule has 1 atom stereocenters. The average Bonchev–Trinajstić information content (AvgIpc) is 3.00. The number of piperazine rings is 1. The molecule has 1 fully saturated rings. The van der Waals surface area contributed by atoms with Crippen LogP contribution in [-0.2, 0) is 30.3 Å². The van der Waals surface area contributed by atoms with Crippen LogP contribution < -0.4 is 16.3 Å². The molecule has 0 spiro atoms. The van der Waals surface area contributed by atoms with E-state index in [1.54, 1.807) is 87.7 Å². The molecule has 15 heteroatoms. The van der Waals surface area contributed by atoms with Crippen molar-refractivity contribution in [1.29, 1.82) is 0 Å². The van der Waals surface area contributed by atoms with Gasteiger partial charge in [0.15, 0.2) is 0 Å². The molecule has 0 unspecified atom stereocenters. The second-order valence-electron chi connectivity index (χ2n) is 13.4. The summed E-state index contributed by atoms with van der Waals surface area (Å²) < 4.78 is 36.6. The van der Waals surface area contributed by atoms with E-state index >= 15 is 0 Å². The lowest BCUT2D eigenvalue weighted by atomic mass is 10.0. The number of amides is 4. The van der Waals surface area contributed by atoms with Gasteiger partial charge in [-0.05, 0) is 90.8 Å². The van der Waals surface area contributed by atoms with Crippen LogP contribution in [0.2, 0.25) is 0 Å². The van der Waals surface area contributed by atoms with Crippen LogP contribution in [-0.4, -0.2) is 89.2 Å². The largest absolute Gasteiger partial charge is 0.444 e. The van der Waals surface area contributed by atoms with Gasteiger partial charge in [0.2, 0.25) is 5.91 Å². The molecule has 0 radical (unpaired) electrons. The quantitative estimate of drug-likeness (QED) is 0.316. The van der Waals surface area contributed by atoms with Crippen LogP contribution in [0.5, 0.6) is 0 Å². The number of urea groups is 1. The van der Waals surface area contributed by atoms with Gasteiger partial charge >= 0.3 is 17.8 Å². The lowest BCUT2D eigenvalue weighted by Crippen LogP contribution is -2.62. The SMILES string of the molecule is Cc1ccc(S(=O)(=O)OCCc2ccc(-n3ccc(NC(=O)N4CCN(C(=O)C(C)(C)NC(=O)OC(C)(C)C)C[C@H]4C)nc3=O)cc2)cc1. The first-order valence-electron chi connectivity index (χ1n) is 15.9. The highest BCUT2D eigenvalue weighted by atomic mass is 32.2. The average molecular weight is 697 g/mol. The van der Waals surface area contributed by atoms with E-state index in [0.717, 1.165) is 11.1 Å². The molecule has 3 aromatic rings. The van der Waals surface area contributed by atoms with Gasteiger partial charge in [-0.25, -0.2) is 14.4 Å². The molecule has 0 saturated carbocycles. The number of anilines is 1. The van der Waals surface area contributed by atoms with Gasteiger partial charge in [-0.2, -0.15) is 13.4 Å². The van der Waals surface area contributed by atoms with Crippen molar-refractivity contribution in [2.45, 2.75) is 77.0 Å². The number of alkyl carbamates (subject to hydrolysis) is 1. The number of benzene rings is 2. The molecular weight excluding hydrogens is 652 g/mol. The summed E-state index contributed by atoms with van der Waals surface area (Å²) in [6, 6.07) is 14.0. The van der Waals surface area contributed by atoms with Crippen LogP contribution in [0.4, 0.5) is 15.4 Å². The zero-order valence-corrected chi connectivity index (χ0v) is 29.7. The Morgan fingerprint density at radius 1 is 0.959 bits per heavy atom. The Labute approximate surface area is 286 Å². The molecule has 4 amide bonds. The van der Waals surface area contributed by atoms with Crippen LogP contribution in [0.3, 0.4) is 0 Å². The molecule has 1 saturated heterocycles. The van der Waals surface area contributed by atoms with Crippen LogP contribution >= 0.6 is 0 Å². The van der Waals surface area contributed by atoms with Crippen molar-refractivity contribution in [1.82, 2.24) is 24.7 Å². The van der Waals surface area contributed by atoms with E-state index in [-0.39, 0.29) is 48.9 Å². The minimum atomic E-state index is -3.87. The van der Waals surface area contributed by atoms with Crippen LogP contribution in [0.25, 0.3) is 5.69 Å². The molecule has 264 valence electrons. The van der Waals surface area contributed by atoms with E-state index in [1.165, 1.54) is 29.0 Å². The molecule has 0 bridgehead atoms. The number of carbonyl (C=O) groups is 3. The standard InChI is InChI=1S/C34H44N6O8S/c1-23-8-14-27(15-9-23)49(45,46)47-21-17-25-10-12-26(13-11-25)40-18-16-28(36-31(40)43)35-30(42)39-20-19-38(22-24(39)2)29(41)34(6,7)37-32(44)48-33(3,4)5/h8-16,18,24H,17,19-22H2,1-7H3,(H,37,44)(H,35,36,42,43)/t24-/m1/s1. The van der Waals surface area contributed by atoms with Gasteiger partial charge in [0.1, 0.15) is 17.0 Å². The summed E-state index contributed by atoms with van der Waals surface area (Å²) in [6.07, 6.45) is 1.14. The first kappa shape index (κ1) is 37.1. The molecule has 2 aromatic carbocycles. The summed E-state index contributed by atoms with van der Waals surface area (Å²) in [5.74, 6) is -0.230. The fourth-order valence-electron chi connectivity index (χ4n) is 5.17. The number of ether oxygens (including phenoxy) is 1. The summed E-state index contributed by atoms with van der Waals surface area (Å²) in [5, 5.41) is 5.29. The number of nitrogens with one attached hydrogen (secondary N) is 2. The molecule has 1 aliphatic heterocycles.